The molecule has 0 aliphatic carbocycles. The second-order valence-corrected chi connectivity index (χ2v) is 4.40. The predicted molar refractivity (Wildman–Crippen MR) is 68.2 cm³/mol. The third-order valence-electron chi connectivity index (χ3n) is 3.00. The van der Waals surface area contributed by atoms with Gasteiger partial charge in [0.2, 0.25) is 0 Å². The number of rotatable bonds is 3. The maximum absolute atomic E-state index is 11.9. The molecular formula is C14H14N2O3. The molecule has 1 aromatic carbocycles. The van der Waals surface area contributed by atoms with Crippen molar-refractivity contribution in [3.05, 3.63) is 48.3 Å². The molecule has 5 nitrogen and oxygen atoms in total. The summed E-state index contributed by atoms with van der Waals surface area (Å²) in [5, 5.41) is 4.17. The lowest BCUT2D eigenvalue weighted by Crippen LogP contribution is -2.17. The molecule has 0 spiro atoms. The summed E-state index contributed by atoms with van der Waals surface area (Å²) >= 11 is 0. The summed E-state index contributed by atoms with van der Waals surface area (Å²) in [6.07, 6.45) is 3.82. The molecule has 0 unspecified atom stereocenters. The van der Waals surface area contributed by atoms with E-state index >= 15 is 0 Å². The van der Waals surface area contributed by atoms with E-state index < -0.39 is 0 Å². The lowest BCUT2D eigenvalue weighted by molar-refractivity contribution is 0.0270. The summed E-state index contributed by atoms with van der Waals surface area (Å²) in [5.41, 5.74) is 1.36. The van der Waals surface area contributed by atoms with Crippen molar-refractivity contribution in [1.82, 2.24) is 9.78 Å². The van der Waals surface area contributed by atoms with E-state index in [1.165, 1.54) is 6.20 Å². The van der Waals surface area contributed by atoms with Crippen LogP contribution in [0.3, 0.4) is 0 Å². The predicted octanol–water partition coefficient (Wildman–Crippen LogP) is 1.82. The van der Waals surface area contributed by atoms with E-state index in [0.717, 1.165) is 12.1 Å². The lowest BCUT2D eigenvalue weighted by atomic mass is 10.3. The highest BCUT2D eigenvalue weighted by molar-refractivity contribution is 5.89. The monoisotopic (exact) mass is 258 g/mol. The molecule has 1 aliphatic rings. The highest BCUT2D eigenvalue weighted by Crippen LogP contribution is 2.13. The Morgan fingerprint density at radius 1 is 1.37 bits per heavy atom. The van der Waals surface area contributed by atoms with Crippen molar-refractivity contribution in [2.24, 2.45) is 0 Å². The Morgan fingerprint density at radius 3 is 2.95 bits per heavy atom. The van der Waals surface area contributed by atoms with E-state index in [0.29, 0.717) is 18.8 Å². The Kier molecular flexibility index (Phi) is 3.29. The molecule has 0 saturated carbocycles. The van der Waals surface area contributed by atoms with Crippen molar-refractivity contribution < 1.29 is 14.3 Å². The Hall–Kier alpha value is -2.14. The van der Waals surface area contributed by atoms with Crippen LogP contribution in [0.5, 0.6) is 0 Å². The number of hydrogen-bond donors (Lipinski definition) is 0. The van der Waals surface area contributed by atoms with Gasteiger partial charge in [0, 0.05) is 12.6 Å². The van der Waals surface area contributed by atoms with Gasteiger partial charge >= 0.3 is 5.97 Å². The molecule has 5 heteroatoms. The van der Waals surface area contributed by atoms with Gasteiger partial charge in [0.25, 0.3) is 0 Å². The topological polar surface area (TPSA) is 53.4 Å². The molecular weight excluding hydrogens is 244 g/mol. The number of aromatic nitrogens is 2. The lowest BCUT2D eigenvalue weighted by Gasteiger charge is -2.08. The van der Waals surface area contributed by atoms with Crippen molar-refractivity contribution in [3.63, 3.8) is 0 Å². The van der Waals surface area contributed by atoms with E-state index in [1.807, 2.05) is 30.3 Å². The third-order valence-corrected chi connectivity index (χ3v) is 3.00. The molecule has 0 bridgehead atoms. The van der Waals surface area contributed by atoms with Crippen molar-refractivity contribution in [3.8, 4) is 5.69 Å². The third kappa shape index (κ3) is 2.66. The quantitative estimate of drug-likeness (QED) is 0.788. The largest absolute Gasteiger partial charge is 0.456 e. The van der Waals surface area contributed by atoms with E-state index in [9.17, 15) is 4.79 Å². The molecule has 1 aromatic heterocycles. The van der Waals surface area contributed by atoms with E-state index in [4.69, 9.17) is 9.47 Å². The number of hydrogen-bond acceptors (Lipinski definition) is 4. The first-order chi connectivity index (χ1) is 9.33. The van der Waals surface area contributed by atoms with Crippen molar-refractivity contribution in [2.75, 3.05) is 13.2 Å². The average molecular weight is 258 g/mol. The second-order valence-electron chi connectivity index (χ2n) is 4.40. The summed E-state index contributed by atoms with van der Waals surface area (Å²) in [6.45, 7) is 1.14. The maximum Gasteiger partial charge on any atom is 0.341 e. The molecule has 3 rings (SSSR count). The smallest absolute Gasteiger partial charge is 0.341 e. The van der Waals surface area contributed by atoms with Crippen LogP contribution >= 0.6 is 0 Å². The number of para-hydroxylation sites is 1. The van der Waals surface area contributed by atoms with Crippen molar-refractivity contribution in [2.45, 2.75) is 12.5 Å². The van der Waals surface area contributed by atoms with Gasteiger partial charge in [-0.1, -0.05) is 18.2 Å². The second kappa shape index (κ2) is 5.24. The first-order valence-corrected chi connectivity index (χ1v) is 6.22. The van der Waals surface area contributed by atoms with Gasteiger partial charge < -0.3 is 9.47 Å². The fraction of sp³-hybridized carbons (Fsp3) is 0.286. The molecule has 2 aromatic rings. The standard InChI is InChI=1S/C14H14N2O3/c17-14(19-13-6-7-18-10-13)11-8-15-16(9-11)12-4-2-1-3-5-12/h1-5,8-9,13H,6-7,10H2/t13-/m1/s1. The van der Waals surface area contributed by atoms with Crippen LogP contribution in [0.25, 0.3) is 5.69 Å². The highest BCUT2D eigenvalue weighted by Gasteiger charge is 2.21. The average Bonchev–Trinajstić information content (AvgIpc) is 3.10. The van der Waals surface area contributed by atoms with Crippen LogP contribution in [-0.4, -0.2) is 35.1 Å². The Labute approximate surface area is 110 Å². The highest BCUT2D eigenvalue weighted by atomic mass is 16.6. The molecule has 1 saturated heterocycles. The molecule has 0 amide bonds. The summed E-state index contributed by atoms with van der Waals surface area (Å²) in [6, 6.07) is 9.62. The van der Waals surface area contributed by atoms with Crippen molar-refractivity contribution in [1.29, 1.82) is 0 Å². The Balaban J connectivity index is 1.72. The summed E-state index contributed by atoms with van der Waals surface area (Å²) in [7, 11) is 0. The van der Waals surface area contributed by atoms with E-state index in [-0.39, 0.29) is 12.1 Å². The van der Waals surface area contributed by atoms with Crippen molar-refractivity contribution >= 4 is 5.97 Å². The van der Waals surface area contributed by atoms with Gasteiger partial charge in [0.05, 0.1) is 30.7 Å². The van der Waals surface area contributed by atoms with E-state index in [1.54, 1.807) is 10.9 Å². The van der Waals surface area contributed by atoms with Gasteiger partial charge in [-0.15, -0.1) is 0 Å². The minimum atomic E-state index is -0.349. The number of nitrogens with zero attached hydrogens (tertiary/aromatic N) is 2. The Bertz CT molecular complexity index is 559. The molecule has 1 atom stereocenters. The molecule has 0 radical (unpaired) electrons. The molecule has 19 heavy (non-hydrogen) atoms. The minimum Gasteiger partial charge on any atom is -0.456 e. The summed E-state index contributed by atoms with van der Waals surface area (Å²) in [5.74, 6) is -0.349. The summed E-state index contributed by atoms with van der Waals surface area (Å²) in [4.78, 5) is 11.9. The van der Waals surface area contributed by atoms with Crippen LogP contribution < -0.4 is 0 Å². The van der Waals surface area contributed by atoms with Gasteiger partial charge in [0.15, 0.2) is 0 Å². The number of benzene rings is 1. The fourth-order valence-electron chi connectivity index (χ4n) is 1.98. The number of carbonyl (C=O) groups excluding carboxylic acids is 1. The zero-order valence-electron chi connectivity index (χ0n) is 10.4. The van der Waals surface area contributed by atoms with Gasteiger partial charge in [-0.2, -0.15) is 5.10 Å². The van der Waals surface area contributed by atoms with E-state index in [2.05, 4.69) is 5.10 Å². The number of ether oxygens (including phenoxy) is 2. The molecule has 1 aliphatic heterocycles. The normalized spacial score (nSPS) is 18.4. The number of carbonyl (C=O) groups is 1. The SMILES string of the molecule is O=C(O[C@@H]1CCOC1)c1cnn(-c2ccccc2)c1. The zero-order valence-corrected chi connectivity index (χ0v) is 10.4. The van der Waals surface area contributed by atoms with Gasteiger partial charge in [-0.3, -0.25) is 0 Å². The zero-order chi connectivity index (χ0) is 13.1. The Morgan fingerprint density at radius 2 is 2.21 bits per heavy atom. The van der Waals surface area contributed by atoms with Crippen LogP contribution in [0.2, 0.25) is 0 Å². The molecule has 2 heterocycles. The van der Waals surface area contributed by atoms with Crippen LogP contribution in [-0.2, 0) is 9.47 Å². The number of esters is 1. The van der Waals surface area contributed by atoms with Gasteiger partial charge in [-0.05, 0) is 12.1 Å². The van der Waals surface area contributed by atoms with Gasteiger partial charge in [0.1, 0.15) is 6.10 Å². The van der Waals surface area contributed by atoms with Crippen LogP contribution in [0.1, 0.15) is 16.8 Å². The van der Waals surface area contributed by atoms with Gasteiger partial charge in [-0.25, -0.2) is 9.48 Å². The van der Waals surface area contributed by atoms with Crippen LogP contribution in [0, 0.1) is 0 Å². The maximum atomic E-state index is 11.9. The first kappa shape index (κ1) is 11.9. The summed E-state index contributed by atoms with van der Waals surface area (Å²) < 4.78 is 12.2. The minimum absolute atomic E-state index is 0.132. The first-order valence-electron chi connectivity index (χ1n) is 6.22. The van der Waals surface area contributed by atoms with Crippen LogP contribution in [0.15, 0.2) is 42.7 Å². The molecule has 98 valence electrons. The van der Waals surface area contributed by atoms with Crippen LogP contribution in [0.4, 0.5) is 0 Å². The fourth-order valence-corrected chi connectivity index (χ4v) is 1.98. The molecule has 1 fully saturated rings. The molecule has 0 N–H and O–H groups in total.